The van der Waals surface area contributed by atoms with Crippen LogP contribution in [0.3, 0.4) is 0 Å². The van der Waals surface area contributed by atoms with Crippen LogP contribution in [0, 0.1) is 0 Å². The summed E-state index contributed by atoms with van der Waals surface area (Å²) in [6.07, 6.45) is 0.481. The monoisotopic (exact) mass is 327 g/mol. The molecule has 0 saturated heterocycles. The molecule has 0 aliphatic heterocycles. The highest BCUT2D eigenvalue weighted by Gasteiger charge is 2.13. The van der Waals surface area contributed by atoms with Crippen LogP contribution in [0.1, 0.15) is 23.6 Å². The number of nitrogens with one attached hydrogen (secondary N) is 2. The van der Waals surface area contributed by atoms with Gasteiger partial charge in [-0.1, -0.05) is 42.5 Å². The van der Waals surface area contributed by atoms with Crippen molar-refractivity contribution in [2.75, 3.05) is 25.6 Å². The van der Waals surface area contributed by atoms with Gasteiger partial charge in [0.25, 0.3) is 0 Å². The second-order valence-electron chi connectivity index (χ2n) is 5.86. The lowest BCUT2D eigenvalue weighted by Gasteiger charge is -2.19. The molecule has 0 unspecified atom stereocenters. The summed E-state index contributed by atoms with van der Waals surface area (Å²) in [6.45, 7) is 0.478. The Bertz CT molecular complexity index is 627. The Balaban J connectivity index is 1.89. The lowest BCUT2D eigenvalue weighted by molar-refractivity contribution is 0.229. The number of carbonyl (C=O) groups excluding carboxylic acids is 1. The predicted octanol–water partition coefficient (Wildman–Crippen LogP) is 2.68. The van der Waals surface area contributed by atoms with E-state index in [1.807, 2.05) is 73.6 Å². The number of benzene rings is 2. The Morgan fingerprint density at radius 1 is 1.08 bits per heavy atom. The summed E-state index contributed by atoms with van der Waals surface area (Å²) in [5.74, 6) is 0. The van der Waals surface area contributed by atoms with Crippen LogP contribution >= 0.6 is 0 Å². The van der Waals surface area contributed by atoms with Gasteiger partial charge in [0.2, 0.25) is 0 Å². The number of rotatable bonds is 7. The van der Waals surface area contributed by atoms with Gasteiger partial charge in [0, 0.05) is 32.9 Å². The molecule has 0 heterocycles. The Hall–Kier alpha value is -2.53. The molecular formula is C19H25N3O2. The molecule has 0 saturated carbocycles. The quantitative estimate of drug-likeness (QED) is 0.732. The number of urea groups is 1. The summed E-state index contributed by atoms with van der Waals surface area (Å²) in [7, 11) is 3.98. The number of anilines is 1. The summed E-state index contributed by atoms with van der Waals surface area (Å²) in [6, 6.07) is 17.3. The standard InChI is InChI=1S/C19H25N3O2/c1-22(2)17-10-8-15(9-11-17)14-20-19(24)21-18(12-13-23)16-6-4-3-5-7-16/h3-11,18,23H,12-14H2,1-2H3,(H2,20,21,24)/t18-/m1/s1. The Labute approximate surface area is 143 Å². The predicted molar refractivity (Wildman–Crippen MR) is 97.0 cm³/mol. The molecule has 0 radical (unpaired) electrons. The Morgan fingerprint density at radius 2 is 1.75 bits per heavy atom. The average Bonchev–Trinajstić information content (AvgIpc) is 2.60. The summed E-state index contributed by atoms with van der Waals surface area (Å²) >= 11 is 0. The number of nitrogens with zero attached hydrogens (tertiary/aromatic N) is 1. The number of amides is 2. The van der Waals surface area contributed by atoms with Crippen molar-refractivity contribution in [3.63, 3.8) is 0 Å². The zero-order chi connectivity index (χ0) is 17.4. The fraction of sp³-hybridized carbons (Fsp3) is 0.316. The number of carbonyl (C=O) groups is 1. The minimum atomic E-state index is -0.242. The highest BCUT2D eigenvalue weighted by molar-refractivity contribution is 5.74. The number of aliphatic hydroxyl groups excluding tert-OH is 1. The molecule has 0 aliphatic carbocycles. The molecule has 2 aromatic rings. The van der Waals surface area contributed by atoms with Crippen molar-refractivity contribution in [1.82, 2.24) is 10.6 Å². The molecular weight excluding hydrogens is 302 g/mol. The first kappa shape index (κ1) is 17.8. The second-order valence-corrected chi connectivity index (χ2v) is 5.86. The molecule has 2 aromatic carbocycles. The Morgan fingerprint density at radius 3 is 2.33 bits per heavy atom. The zero-order valence-electron chi connectivity index (χ0n) is 14.2. The van der Waals surface area contributed by atoms with E-state index < -0.39 is 0 Å². The van der Waals surface area contributed by atoms with Crippen LogP contribution in [0.25, 0.3) is 0 Å². The van der Waals surface area contributed by atoms with Crippen LogP contribution in [-0.4, -0.2) is 31.8 Å². The normalized spacial score (nSPS) is 11.6. The van der Waals surface area contributed by atoms with E-state index in [1.54, 1.807) is 0 Å². The first-order valence-electron chi connectivity index (χ1n) is 8.06. The maximum absolute atomic E-state index is 12.1. The molecule has 128 valence electrons. The third-order valence-electron chi connectivity index (χ3n) is 3.83. The largest absolute Gasteiger partial charge is 0.396 e. The molecule has 3 N–H and O–H groups in total. The molecule has 2 rings (SSSR count). The van der Waals surface area contributed by atoms with Gasteiger partial charge in [-0.15, -0.1) is 0 Å². The lowest BCUT2D eigenvalue weighted by atomic mass is 10.0. The van der Waals surface area contributed by atoms with Crippen molar-refractivity contribution in [2.45, 2.75) is 19.0 Å². The molecule has 0 aliphatic rings. The fourth-order valence-corrected chi connectivity index (χ4v) is 2.44. The van der Waals surface area contributed by atoms with E-state index in [9.17, 15) is 9.90 Å². The highest BCUT2D eigenvalue weighted by atomic mass is 16.3. The van der Waals surface area contributed by atoms with Crippen molar-refractivity contribution in [3.8, 4) is 0 Å². The van der Waals surface area contributed by atoms with Crippen LogP contribution in [0.5, 0.6) is 0 Å². The number of hydrogen-bond donors (Lipinski definition) is 3. The van der Waals surface area contributed by atoms with Crippen LogP contribution in [0.15, 0.2) is 54.6 Å². The molecule has 0 spiro atoms. The van der Waals surface area contributed by atoms with E-state index in [1.165, 1.54) is 0 Å². The van der Waals surface area contributed by atoms with Crippen molar-refractivity contribution < 1.29 is 9.90 Å². The minimum absolute atomic E-state index is 0.0197. The van der Waals surface area contributed by atoms with E-state index in [-0.39, 0.29) is 18.7 Å². The second kappa shape index (κ2) is 8.93. The zero-order valence-corrected chi connectivity index (χ0v) is 14.2. The van der Waals surface area contributed by atoms with E-state index in [2.05, 4.69) is 10.6 Å². The van der Waals surface area contributed by atoms with E-state index in [0.717, 1.165) is 16.8 Å². The molecule has 1 atom stereocenters. The first-order chi connectivity index (χ1) is 11.6. The van der Waals surface area contributed by atoms with E-state index >= 15 is 0 Å². The van der Waals surface area contributed by atoms with Crippen molar-refractivity contribution >= 4 is 11.7 Å². The maximum Gasteiger partial charge on any atom is 0.315 e. The van der Waals surface area contributed by atoms with Gasteiger partial charge in [-0.3, -0.25) is 0 Å². The smallest absolute Gasteiger partial charge is 0.315 e. The summed E-state index contributed by atoms with van der Waals surface area (Å²) in [5, 5.41) is 15.0. The van der Waals surface area contributed by atoms with Crippen molar-refractivity contribution in [3.05, 3.63) is 65.7 Å². The lowest BCUT2D eigenvalue weighted by Crippen LogP contribution is -2.38. The third kappa shape index (κ3) is 5.28. The minimum Gasteiger partial charge on any atom is -0.396 e. The SMILES string of the molecule is CN(C)c1ccc(CNC(=O)N[C@H](CCO)c2ccccc2)cc1. The molecule has 0 aromatic heterocycles. The van der Waals surface area contributed by atoms with Gasteiger partial charge in [0.05, 0.1) is 6.04 Å². The van der Waals surface area contributed by atoms with Gasteiger partial charge in [-0.25, -0.2) is 4.79 Å². The third-order valence-corrected chi connectivity index (χ3v) is 3.83. The summed E-state index contributed by atoms with van der Waals surface area (Å²) in [5.41, 5.74) is 3.14. The maximum atomic E-state index is 12.1. The topological polar surface area (TPSA) is 64.6 Å². The molecule has 5 heteroatoms. The van der Waals surface area contributed by atoms with Gasteiger partial charge in [-0.05, 0) is 29.7 Å². The van der Waals surface area contributed by atoms with Gasteiger partial charge in [0.15, 0.2) is 0 Å². The summed E-state index contributed by atoms with van der Waals surface area (Å²) < 4.78 is 0. The molecule has 5 nitrogen and oxygen atoms in total. The van der Waals surface area contributed by atoms with Gasteiger partial charge >= 0.3 is 6.03 Å². The molecule has 2 amide bonds. The van der Waals surface area contributed by atoms with Gasteiger partial charge < -0.3 is 20.6 Å². The molecule has 0 fully saturated rings. The van der Waals surface area contributed by atoms with Crippen LogP contribution < -0.4 is 15.5 Å². The fourth-order valence-electron chi connectivity index (χ4n) is 2.44. The number of hydrogen-bond acceptors (Lipinski definition) is 3. The van der Waals surface area contributed by atoms with Crippen LogP contribution in [0.2, 0.25) is 0 Å². The van der Waals surface area contributed by atoms with Gasteiger partial charge in [0.1, 0.15) is 0 Å². The van der Waals surface area contributed by atoms with Crippen LogP contribution in [-0.2, 0) is 6.54 Å². The first-order valence-corrected chi connectivity index (χ1v) is 8.06. The average molecular weight is 327 g/mol. The Kier molecular flexibility index (Phi) is 6.63. The molecule has 0 bridgehead atoms. The highest BCUT2D eigenvalue weighted by Crippen LogP contribution is 2.16. The van der Waals surface area contributed by atoms with E-state index in [0.29, 0.717) is 13.0 Å². The van der Waals surface area contributed by atoms with Gasteiger partial charge in [-0.2, -0.15) is 0 Å². The van der Waals surface area contributed by atoms with Crippen LogP contribution in [0.4, 0.5) is 10.5 Å². The van der Waals surface area contributed by atoms with E-state index in [4.69, 9.17) is 0 Å². The number of aliphatic hydroxyl groups is 1. The van der Waals surface area contributed by atoms with Crippen molar-refractivity contribution in [2.24, 2.45) is 0 Å². The summed E-state index contributed by atoms with van der Waals surface area (Å²) in [4.78, 5) is 14.2. The molecule has 24 heavy (non-hydrogen) atoms. The van der Waals surface area contributed by atoms with Crippen molar-refractivity contribution in [1.29, 1.82) is 0 Å².